The minimum atomic E-state index is -4.88. The van der Waals surface area contributed by atoms with Gasteiger partial charge in [-0.25, -0.2) is 30.2 Å². The van der Waals surface area contributed by atoms with E-state index in [1.807, 2.05) is 27.7 Å². The second-order valence-corrected chi connectivity index (χ2v) is 18.3. The van der Waals surface area contributed by atoms with E-state index in [0.717, 1.165) is 12.8 Å². The quantitative estimate of drug-likeness (QED) is 0.0971. The third-order valence-corrected chi connectivity index (χ3v) is 12.7. The van der Waals surface area contributed by atoms with Crippen molar-refractivity contribution in [3.63, 3.8) is 0 Å². The molecule has 3 N–H and O–H groups in total. The first kappa shape index (κ1) is 35.6. The number of hydrogen-bond donors (Lipinski definition) is 3. The normalized spacial score (nSPS) is 26.3. The standard InChI is InChI=1S/C30H41N4O10PS2/c1-19-9-20(2)14-33(13-19)46(39,40)17-23-5-7-26-27(11-23)29(31-35)25-8-6-24(47(41,42)34-15-21(3)10-22(4)16-34)12-28(25)30(26)32-43-18-44-45(36,37)38/h5-8,11-12,19-22,35H,9-10,13-18H2,1-4H3,(H2,36,37,38)/b31-29+,32-30+. The van der Waals surface area contributed by atoms with Gasteiger partial charge in [-0.3, -0.25) is 0 Å². The number of rotatable bonds is 9. The van der Waals surface area contributed by atoms with Gasteiger partial charge < -0.3 is 19.8 Å². The lowest BCUT2D eigenvalue weighted by atomic mass is 9.82. The van der Waals surface area contributed by atoms with Gasteiger partial charge in [0.2, 0.25) is 26.8 Å². The molecular formula is C30H41N4O10PS2. The minimum absolute atomic E-state index is 0.0230. The van der Waals surface area contributed by atoms with Gasteiger partial charge >= 0.3 is 7.82 Å². The maximum atomic E-state index is 13.8. The van der Waals surface area contributed by atoms with Gasteiger partial charge in [-0.15, -0.1) is 0 Å². The molecule has 3 aliphatic rings. The van der Waals surface area contributed by atoms with Crippen LogP contribution >= 0.6 is 7.82 Å². The van der Waals surface area contributed by atoms with E-state index in [-0.39, 0.29) is 56.9 Å². The zero-order chi connectivity index (χ0) is 34.3. The Morgan fingerprint density at radius 2 is 1.32 bits per heavy atom. The van der Waals surface area contributed by atoms with Gasteiger partial charge in [0, 0.05) is 48.4 Å². The topological polar surface area (TPSA) is 196 Å². The lowest BCUT2D eigenvalue weighted by Gasteiger charge is -2.34. The van der Waals surface area contributed by atoms with Gasteiger partial charge in [0.15, 0.2) is 0 Å². The van der Waals surface area contributed by atoms with E-state index in [1.165, 1.54) is 26.8 Å². The fraction of sp³-hybridized carbons (Fsp3) is 0.533. The summed E-state index contributed by atoms with van der Waals surface area (Å²) < 4.78 is 73.0. The Morgan fingerprint density at radius 1 is 0.787 bits per heavy atom. The molecule has 47 heavy (non-hydrogen) atoms. The highest BCUT2D eigenvalue weighted by atomic mass is 32.2. The molecule has 0 aromatic heterocycles. The summed E-state index contributed by atoms with van der Waals surface area (Å²) in [4.78, 5) is 23.2. The van der Waals surface area contributed by atoms with E-state index < -0.39 is 34.7 Å². The van der Waals surface area contributed by atoms with Crippen molar-refractivity contribution in [1.82, 2.24) is 8.61 Å². The van der Waals surface area contributed by atoms with Crippen molar-refractivity contribution >= 4 is 39.3 Å². The summed E-state index contributed by atoms with van der Waals surface area (Å²) in [5, 5.41) is 17.8. The first-order valence-electron chi connectivity index (χ1n) is 15.4. The molecule has 0 amide bonds. The number of hydrogen-bond acceptors (Lipinski definition) is 10. The Kier molecular flexibility index (Phi) is 10.4. The number of piperidine rings is 2. The Bertz CT molecular complexity index is 1820. The zero-order valence-corrected chi connectivity index (χ0v) is 29.2. The number of benzene rings is 2. The summed E-state index contributed by atoms with van der Waals surface area (Å²) in [7, 11) is -12.5. The second-order valence-electron chi connectivity index (χ2n) is 13.1. The Balaban J connectivity index is 1.55. The smallest absolute Gasteiger partial charge is 0.410 e. The Morgan fingerprint density at radius 3 is 1.89 bits per heavy atom. The average Bonchev–Trinajstić information content (AvgIpc) is 2.97. The highest BCUT2D eigenvalue weighted by Crippen LogP contribution is 2.36. The molecule has 0 radical (unpaired) electrons. The van der Waals surface area contributed by atoms with E-state index >= 15 is 0 Å². The average molecular weight is 713 g/mol. The van der Waals surface area contributed by atoms with Gasteiger partial charge in [-0.05, 0) is 60.3 Å². The summed E-state index contributed by atoms with van der Waals surface area (Å²) in [5.74, 6) is 0.501. The van der Waals surface area contributed by atoms with Gasteiger partial charge in [0.1, 0.15) is 11.4 Å². The van der Waals surface area contributed by atoms with Crippen LogP contribution in [0.3, 0.4) is 0 Å². The largest absolute Gasteiger partial charge is 0.472 e. The summed E-state index contributed by atoms with van der Waals surface area (Å²) in [6, 6.07) is 9.02. The van der Waals surface area contributed by atoms with Crippen LogP contribution in [-0.4, -0.2) is 84.8 Å². The van der Waals surface area contributed by atoms with Crippen LogP contribution in [0.25, 0.3) is 0 Å². The molecule has 2 saturated heterocycles. The fourth-order valence-electron chi connectivity index (χ4n) is 6.94. The van der Waals surface area contributed by atoms with Gasteiger partial charge in [-0.2, -0.15) is 4.31 Å². The van der Waals surface area contributed by atoms with Crippen molar-refractivity contribution in [1.29, 1.82) is 0 Å². The third-order valence-electron chi connectivity index (χ3n) is 8.68. The zero-order valence-electron chi connectivity index (χ0n) is 26.7. The molecule has 2 aromatic carbocycles. The van der Waals surface area contributed by atoms with Crippen LogP contribution < -0.4 is 0 Å². The van der Waals surface area contributed by atoms with Crippen LogP contribution in [0, 0.1) is 23.7 Å². The van der Waals surface area contributed by atoms with Crippen molar-refractivity contribution in [2.75, 3.05) is 33.0 Å². The van der Waals surface area contributed by atoms with Crippen molar-refractivity contribution in [3.8, 4) is 0 Å². The summed E-state index contributed by atoms with van der Waals surface area (Å²) in [5.41, 5.74) is 1.69. The summed E-state index contributed by atoms with van der Waals surface area (Å²) >= 11 is 0. The minimum Gasteiger partial charge on any atom is -0.410 e. The molecule has 258 valence electrons. The molecule has 17 heteroatoms. The molecule has 2 fully saturated rings. The fourth-order valence-corrected chi connectivity index (χ4v) is 10.6. The summed E-state index contributed by atoms with van der Waals surface area (Å²) in [6.07, 6.45) is 1.86. The molecule has 14 nitrogen and oxygen atoms in total. The van der Waals surface area contributed by atoms with E-state index in [1.54, 1.807) is 18.2 Å². The van der Waals surface area contributed by atoms with E-state index in [0.29, 0.717) is 42.9 Å². The number of phosphoric acid groups is 1. The lowest BCUT2D eigenvalue weighted by molar-refractivity contribution is 0.00128. The van der Waals surface area contributed by atoms with Crippen LogP contribution in [0.1, 0.15) is 68.4 Å². The molecule has 2 heterocycles. The molecule has 0 bridgehead atoms. The van der Waals surface area contributed by atoms with Crippen molar-refractivity contribution in [2.45, 2.75) is 51.2 Å². The maximum Gasteiger partial charge on any atom is 0.472 e. The SMILES string of the molecule is CC1CC(C)CN(S(=O)(=O)Cc2ccc3c(c2)/C(=N/O)c2ccc(S(=O)(=O)N4CC(C)CC(C)C4)cc2/C3=N/OCOP(=O)(O)O)C1. The molecule has 1 aliphatic carbocycles. The molecule has 4 atom stereocenters. The van der Waals surface area contributed by atoms with Crippen LogP contribution in [0.4, 0.5) is 0 Å². The third kappa shape index (κ3) is 7.97. The molecule has 2 aliphatic heterocycles. The number of phosphoric ester groups is 1. The van der Waals surface area contributed by atoms with Crippen LogP contribution in [0.2, 0.25) is 0 Å². The van der Waals surface area contributed by atoms with E-state index in [9.17, 15) is 26.6 Å². The second kappa shape index (κ2) is 13.7. The van der Waals surface area contributed by atoms with Gasteiger partial charge in [0.05, 0.1) is 10.6 Å². The molecule has 0 saturated carbocycles. The Labute approximate surface area is 275 Å². The first-order valence-corrected chi connectivity index (χ1v) is 19.9. The molecular weight excluding hydrogens is 671 g/mol. The monoisotopic (exact) mass is 712 g/mol. The number of sulfonamides is 2. The number of fused-ring (bicyclic) bond motifs is 2. The van der Waals surface area contributed by atoms with Crippen molar-refractivity contribution < 1.29 is 45.8 Å². The van der Waals surface area contributed by atoms with Gasteiger partial charge in [0.25, 0.3) is 0 Å². The van der Waals surface area contributed by atoms with Crippen LogP contribution in [0.15, 0.2) is 51.6 Å². The maximum absolute atomic E-state index is 13.8. The predicted molar refractivity (Wildman–Crippen MR) is 174 cm³/mol. The molecule has 0 spiro atoms. The molecule has 2 aromatic rings. The molecule has 5 rings (SSSR count). The van der Waals surface area contributed by atoms with Crippen molar-refractivity contribution in [3.05, 3.63) is 64.2 Å². The number of nitrogens with zero attached hydrogens (tertiary/aromatic N) is 4. The first-order chi connectivity index (χ1) is 22.0. The highest BCUT2D eigenvalue weighted by molar-refractivity contribution is 7.89. The number of oxime groups is 2. The molecule has 4 unspecified atom stereocenters. The van der Waals surface area contributed by atoms with E-state index in [4.69, 9.17) is 14.6 Å². The lowest BCUT2D eigenvalue weighted by Crippen LogP contribution is -2.43. The van der Waals surface area contributed by atoms with Gasteiger partial charge in [-0.1, -0.05) is 56.2 Å². The summed E-state index contributed by atoms with van der Waals surface area (Å²) in [6.45, 7) is 8.72. The van der Waals surface area contributed by atoms with Crippen molar-refractivity contribution in [2.24, 2.45) is 34.0 Å². The van der Waals surface area contributed by atoms with Crippen LogP contribution in [-0.2, 0) is 39.7 Å². The predicted octanol–water partition coefficient (Wildman–Crippen LogP) is 3.54. The Hall–Kier alpha value is -2.69. The van der Waals surface area contributed by atoms with Crippen LogP contribution in [0.5, 0.6) is 0 Å². The highest BCUT2D eigenvalue weighted by Gasteiger charge is 2.36. The van der Waals surface area contributed by atoms with E-state index in [2.05, 4.69) is 14.8 Å².